The summed E-state index contributed by atoms with van der Waals surface area (Å²) in [5.74, 6) is 1.38. The molecule has 1 saturated carbocycles. The van der Waals surface area contributed by atoms with Crippen LogP contribution in [0.15, 0.2) is 4.47 Å². The molecule has 3 atom stereocenters. The molecule has 1 aliphatic rings. The standard InChI is InChI=1S/C17H30BrN3/c1-6-21-15(16(18)12(3)20-21)10-17(4,5)13-8-7-11(2)9-14(13)19/h11,13-14H,6-10,19H2,1-5H3. The molecule has 1 aromatic rings. The Morgan fingerprint density at radius 1 is 1.38 bits per heavy atom. The van der Waals surface area contributed by atoms with Gasteiger partial charge in [-0.1, -0.05) is 27.2 Å². The number of hydrogen-bond donors (Lipinski definition) is 1. The Balaban J connectivity index is 2.21. The van der Waals surface area contributed by atoms with Crippen LogP contribution in [0.2, 0.25) is 0 Å². The third-order valence-corrected chi connectivity index (χ3v) is 6.27. The molecular formula is C17H30BrN3. The van der Waals surface area contributed by atoms with Crippen LogP contribution < -0.4 is 5.73 Å². The van der Waals surface area contributed by atoms with E-state index >= 15 is 0 Å². The van der Waals surface area contributed by atoms with E-state index in [1.165, 1.54) is 29.4 Å². The van der Waals surface area contributed by atoms with Gasteiger partial charge in [-0.25, -0.2) is 0 Å². The third-order valence-electron chi connectivity index (χ3n) is 5.24. The average Bonchev–Trinajstić information content (AvgIpc) is 2.65. The minimum absolute atomic E-state index is 0.210. The Bertz CT molecular complexity index is 492. The lowest BCUT2D eigenvalue weighted by Crippen LogP contribution is -2.44. The van der Waals surface area contributed by atoms with Gasteiger partial charge in [0, 0.05) is 12.6 Å². The van der Waals surface area contributed by atoms with Crippen LogP contribution in [-0.4, -0.2) is 15.8 Å². The van der Waals surface area contributed by atoms with Crippen molar-refractivity contribution < 1.29 is 0 Å². The molecule has 4 heteroatoms. The smallest absolute Gasteiger partial charge is 0.0738 e. The number of nitrogens with zero attached hydrogens (tertiary/aromatic N) is 2. The maximum atomic E-state index is 6.49. The summed E-state index contributed by atoms with van der Waals surface area (Å²) >= 11 is 3.73. The van der Waals surface area contributed by atoms with Gasteiger partial charge in [0.1, 0.15) is 0 Å². The normalized spacial score (nSPS) is 27.1. The second-order valence-corrected chi connectivity index (χ2v) is 8.31. The molecular weight excluding hydrogens is 326 g/mol. The second kappa shape index (κ2) is 6.41. The molecule has 0 radical (unpaired) electrons. The zero-order valence-corrected chi connectivity index (χ0v) is 15.7. The van der Waals surface area contributed by atoms with Crippen molar-refractivity contribution in [1.29, 1.82) is 0 Å². The first-order chi connectivity index (χ1) is 9.76. The van der Waals surface area contributed by atoms with Crippen LogP contribution in [0.5, 0.6) is 0 Å². The van der Waals surface area contributed by atoms with E-state index in [1.807, 2.05) is 0 Å². The van der Waals surface area contributed by atoms with Crippen LogP contribution in [0.25, 0.3) is 0 Å². The van der Waals surface area contributed by atoms with Gasteiger partial charge in [-0.3, -0.25) is 4.68 Å². The minimum atomic E-state index is 0.210. The van der Waals surface area contributed by atoms with E-state index in [0.717, 1.165) is 24.6 Å². The van der Waals surface area contributed by atoms with E-state index in [-0.39, 0.29) is 5.41 Å². The lowest BCUT2D eigenvalue weighted by atomic mass is 9.65. The van der Waals surface area contributed by atoms with Gasteiger partial charge in [0.05, 0.1) is 15.9 Å². The van der Waals surface area contributed by atoms with Crippen molar-refractivity contribution in [3.63, 3.8) is 0 Å². The van der Waals surface area contributed by atoms with Gasteiger partial charge in [-0.2, -0.15) is 5.10 Å². The van der Waals surface area contributed by atoms with E-state index in [9.17, 15) is 0 Å². The number of halogens is 1. The molecule has 2 rings (SSSR count). The SMILES string of the molecule is CCn1nc(C)c(Br)c1CC(C)(C)C1CCC(C)CC1N. The third kappa shape index (κ3) is 3.53. The van der Waals surface area contributed by atoms with Gasteiger partial charge in [0.25, 0.3) is 0 Å². The van der Waals surface area contributed by atoms with Crippen molar-refractivity contribution in [2.45, 2.75) is 72.9 Å². The molecule has 2 N–H and O–H groups in total. The van der Waals surface area contributed by atoms with Crippen molar-refractivity contribution in [3.05, 3.63) is 15.9 Å². The molecule has 1 aromatic heterocycles. The Morgan fingerprint density at radius 3 is 2.62 bits per heavy atom. The summed E-state index contributed by atoms with van der Waals surface area (Å²) in [5, 5.41) is 4.63. The van der Waals surface area contributed by atoms with Crippen molar-refractivity contribution in [1.82, 2.24) is 9.78 Å². The molecule has 3 nitrogen and oxygen atoms in total. The van der Waals surface area contributed by atoms with Crippen LogP contribution in [0, 0.1) is 24.2 Å². The fourth-order valence-electron chi connectivity index (χ4n) is 4.00. The van der Waals surface area contributed by atoms with Crippen LogP contribution in [0.1, 0.15) is 58.3 Å². The molecule has 120 valence electrons. The molecule has 0 saturated heterocycles. The summed E-state index contributed by atoms with van der Waals surface area (Å²) in [6.07, 6.45) is 4.78. The summed E-state index contributed by atoms with van der Waals surface area (Å²) in [6, 6.07) is 0.335. The molecule has 0 aromatic carbocycles. The van der Waals surface area contributed by atoms with Crippen molar-refractivity contribution in [2.75, 3.05) is 0 Å². The van der Waals surface area contributed by atoms with Gasteiger partial charge >= 0.3 is 0 Å². The van der Waals surface area contributed by atoms with Crippen LogP contribution in [0.4, 0.5) is 0 Å². The maximum Gasteiger partial charge on any atom is 0.0738 e. The molecule has 0 bridgehead atoms. The minimum Gasteiger partial charge on any atom is -0.327 e. The predicted molar refractivity (Wildman–Crippen MR) is 92.3 cm³/mol. The number of rotatable bonds is 4. The number of aryl methyl sites for hydroxylation is 2. The van der Waals surface area contributed by atoms with Crippen molar-refractivity contribution >= 4 is 15.9 Å². The van der Waals surface area contributed by atoms with Gasteiger partial charge in [0.2, 0.25) is 0 Å². The van der Waals surface area contributed by atoms with E-state index in [1.54, 1.807) is 0 Å². The fraction of sp³-hybridized carbons (Fsp3) is 0.824. The van der Waals surface area contributed by atoms with Crippen LogP contribution >= 0.6 is 15.9 Å². The van der Waals surface area contributed by atoms with Gasteiger partial charge in [0.15, 0.2) is 0 Å². The number of nitrogens with two attached hydrogens (primary N) is 1. The lowest BCUT2D eigenvalue weighted by molar-refractivity contribution is 0.111. The maximum absolute atomic E-state index is 6.49. The van der Waals surface area contributed by atoms with E-state index in [4.69, 9.17) is 5.73 Å². The molecule has 1 heterocycles. The average molecular weight is 356 g/mol. The zero-order valence-electron chi connectivity index (χ0n) is 14.1. The Kier molecular flexibility index (Phi) is 5.19. The highest BCUT2D eigenvalue weighted by Crippen LogP contribution is 2.42. The van der Waals surface area contributed by atoms with Gasteiger partial charge in [-0.05, 0) is 66.3 Å². The highest BCUT2D eigenvalue weighted by atomic mass is 79.9. The number of aromatic nitrogens is 2. The van der Waals surface area contributed by atoms with Gasteiger partial charge in [-0.15, -0.1) is 0 Å². The summed E-state index contributed by atoms with van der Waals surface area (Å²) in [5.41, 5.74) is 9.11. The largest absolute Gasteiger partial charge is 0.327 e. The summed E-state index contributed by atoms with van der Waals surface area (Å²) < 4.78 is 3.31. The summed E-state index contributed by atoms with van der Waals surface area (Å²) in [7, 11) is 0. The molecule has 1 fully saturated rings. The zero-order chi connectivity index (χ0) is 15.8. The number of hydrogen-bond acceptors (Lipinski definition) is 2. The first-order valence-corrected chi connectivity index (χ1v) is 9.03. The molecule has 0 amide bonds. The molecule has 0 aliphatic heterocycles. The van der Waals surface area contributed by atoms with E-state index < -0.39 is 0 Å². The Labute approximate surface area is 137 Å². The lowest BCUT2D eigenvalue weighted by Gasteiger charge is -2.43. The van der Waals surface area contributed by atoms with Crippen molar-refractivity contribution in [3.8, 4) is 0 Å². The van der Waals surface area contributed by atoms with Crippen LogP contribution in [-0.2, 0) is 13.0 Å². The first-order valence-electron chi connectivity index (χ1n) is 8.23. The molecule has 1 aliphatic carbocycles. The Hall–Kier alpha value is -0.350. The highest BCUT2D eigenvalue weighted by Gasteiger charge is 2.38. The fourth-order valence-corrected chi connectivity index (χ4v) is 4.42. The molecule has 0 spiro atoms. The molecule has 21 heavy (non-hydrogen) atoms. The summed E-state index contributed by atoms with van der Waals surface area (Å²) in [6.45, 7) is 12.2. The topological polar surface area (TPSA) is 43.8 Å². The quantitative estimate of drug-likeness (QED) is 0.874. The second-order valence-electron chi connectivity index (χ2n) is 7.52. The van der Waals surface area contributed by atoms with Crippen molar-refractivity contribution in [2.24, 2.45) is 23.0 Å². The van der Waals surface area contributed by atoms with Gasteiger partial charge < -0.3 is 5.73 Å². The first kappa shape index (κ1) is 17.0. The predicted octanol–water partition coefficient (Wildman–Crippen LogP) is 4.31. The Morgan fingerprint density at radius 2 is 2.05 bits per heavy atom. The van der Waals surface area contributed by atoms with E-state index in [2.05, 4.69) is 60.3 Å². The molecule has 3 unspecified atom stereocenters. The van der Waals surface area contributed by atoms with Crippen LogP contribution in [0.3, 0.4) is 0 Å². The highest BCUT2D eigenvalue weighted by molar-refractivity contribution is 9.10. The summed E-state index contributed by atoms with van der Waals surface area (Å²) in [4.78, 5) is 0. The van der Waals surface area contributed by atoms with E-state index in [0.29, 0.717) is 12.0 Å². The monoisotopic (exact) mass is 355 g/mol.